The fourth-order valence-corrected chi connectivity index (χ4v) is 8.10. The van der Waals surface area contributed by atoms with Crippen molar-refractivity contribution in [3.8, 4) is 5.75 Å². The van der Waals surface area contributed by atoms with Crippen LogP contribution in [0.25, 0.3) is 0 Å². The predicted molar refractivity (Wildman–Crippen MR) is 174 cm³/mol. The molecule has 4 aliphatic rings. The first kappa shape index (κ1) is 31.4. The Bertz CT molecular complexity index is 1880. The van der Waals surface area contributed by atoms with Crippen molar-refractivity contribution in [2.45, 2.75) is 32.6 Å². The van der Waals surface area contributed by atoms with Gasteiger partial charge in [-0.1, -0.05) is 23.8 Å². The Hall–Kier alpha value is -5.22. The summed E-state index contributed by atoms with van der Waals surface area (Å²) in [7, 11) is 0. The number of ether oxygens (including phenoxy) is 1. The number of carbonyl (C=O) groups is 6. The minimum Gasteiger partial charge on any atom is -0.491 e. The normalized spacial score (nSPS) is 26.2. The molecule has 0 radical (unpaired) electrons. The van der Waals surface area contributed by atoms with Crippen LogP contribution in [0.5, 0.6) is 5.75 Å². The molecule has 1 N–H and O–H groups in total. The van der Waals surface area contributed by atoms with Crippen LogP contribution in [0.3, 0.4) is 0 Å². The van der Waals surface area contributed by atoms with Gasteiger partial charge in [0.05, 0.1) is 41.7 Å². The molecule has 244 valence electrons. The standard InChI is InChI=1S/C38H34N2O8/c1-20(42)22-3-9-25(10-4-22)39-35(44)29-16-15-28-30(33(29)37(39)46)19-31-34(32(28)24-7-13-27(14-8-24)48-18-17-41)38(47)40(36(31)45)26-11-5-23(6-12-26)21(2)43/h3-15,29-34,41H,16-19H2,1-2H3. The van der Waals surface area contributed by atoms with Gasteiger partial charge >= 0.3 is 0 Å². The molecule has 2 heterocycles. The lowest BCUT2D eigenvalue weighted by atomic mass is 9.57. The second-order valence-corrected chi connectivity index (χ2v) is 12.9. The molecule has 4 amide bonds. The van der Waals surface area contributed by atoms with E-state index in [1.807, 2.05) is 18.2 Å². The largest absolute Gasteiger partial charge is 0.491 e. The molecule has 0 aromatic heterocycles. The van der Waals surface area contributed by atoms with Crippen LogP contribution in [0.2, 0.25) is 0 Å². The lowest BCUT2D eigenvalue weighted by Gasteiger charge is -2.44. The maximum Gasteiger partial charge on any atom is 0.238 e. The molecule has 7 rings (SSSR count). The van der Waals surface area contributed by atoms with E-state index in [0.717, 1.165) is 11.1 Å². The smallest absolute Gasteiger partial charge is 0.238 e. The minimum atomic E-state index is -0.743. The second kappa shape index (κ2) is 12.1. The summed E-state index contributed by atoms with van der Waals surface area (Å²) in [6.45, 7) is 2.87. The van der Waals surface area contributed by atoms with Gasteiger partial charge in [0.25, 0.3) is 0 Å². The van der Waals surface area contributed by atoms with Crippen LogP contribution in [-0.2, 0) is 19.2 Å². The van der Waals surface area contributed by atoms with Crippen molar-refractivity contribution < 1.29 is 38.6 Å². The van der Waals surface area contributed by atoms with Crippen molar-refractivity contribution in [1.29, 1.82) is 0 Å². The Morgan fingerprint density at radius 2 is 1.21 bits per heavy atom. The molecule has 2 aliphatic heterocycles. The van der Waals surface area contributed by atoms with E-state index in [-0.39, 0.29) is 54.8 Å². The maximum absolute atomic E-state index is 14.3. The number of allylic oxidation sites excluding steroid dienone is 2. The monoisotopic (exact) mass is 646 g/mol. The average molecular weight is 647 g/mol. The van der Waals surface area contributed by atoms with Crippen molar-refractivity contribution in [3.05, 3.63) is 101 Å². The molecule has 0 bridgehead atoms. The van der Waals surface area contributed by atoms with Crippen molar-refractivity contribution >= 4 is 46.6 Å². The van der Waals surface area contributed by atoms with Crippen LogP contribution in [0.15, 0.2) is 84.4 Å². The first-order chi connectivity index (χ1) is 23.1. The van der Waals surface area contributed by atoms with E-state index in [9.17, 15) is 33.9 Å². The third-order valence-electron chi connectivity index (χ3n) is 10.3. The number of Topliss-reactive ketones (excluding diaryl/α,β-unsaturated/α-hetero) is 2. The maximum atomic E-state index is 14.3. The Morgan fingerprint density at radius 1 is 0.688 bits per heavy atom. The predicted octanol–water partition coefficient (Wildman–Crippen LogP) is 4.51. The number of amides is 4. The minimum absolute atomic E-state index is 0.123. The summed E-state index contributed by atoms with van der Waals surface area (Å²) in [5.41, 5.74) is 3.34. The molecule has 3 fully saturated rings. The Kier molecular flexibility index (Phi) is 7.91. The summed E-state index contributed by atoms with van der Waals surface area (Å²) in [6.07, 6.45) is 2.53. The highest BCUT2D eigenvalue weighted by Gasteiger charge is 2.62. The Balaban J connectivity index is 1.28. The van der Waals surface area contributed by atoms with E-state index in [1.165, 1.54) is 23.6 Å². The molecule has 10 nitrogen and oxygen atoms in total. The molecule has 48 heavy (non-hydrogen) atoms. The highest BCUT2D eigenvalue weighted by Crippen LogP contribution is 2.58. The molecule has 10 heteroatoms. The van der Waals surface area contributed by atoms with Crippen LogP contribution in [0.1, 0.15) is 58.9 Å². The van der Waals surface area contributed by atoms with E-state index < -0.39 is 35.5 Å². The molecule has 3 aromatic rings. The fourth-order valence-electron chi connectivity index (χ4n) is 8.10. The number of hydrogen-bond acceptors (Lipinski definition) is 8. The van der Waals surface area contributed by atoms with Gasteiger partial charge < -0.3 is 9.84 Å². The number of anilines is 2. The summed E-state index contributed by atoms with van der Waals surface area (Å²) < 4.78 is 5.56. The van der Waals surface area contributed by atoms with Crippen molar-refractivity contribution in [2.75, 3.05) is 23.0 Å². The SMILES string of the molecule is CC(=O)c1ccc(N2C(=O)C3CC=C4C(CC5C(=O)N(c6ccc(C(C)=O)cc6)C(=O)C5C4c4ccc(OCCO)cc4)C3C2=O)cc1. The molecular formula is C38H34N2O8. The topological polar surface area (TPSA) is 138 Å². The van der Waals surface area contributed by atoms with E-state index in [1.54, 1.807) is 60.7 Å². The lowest BCUT2D eigenvalue weighted by Crippen LogP contribution is -2.43. The zero-order valence-electron chi connectivity index (χ0n) is 26.5. The zero-order valence-corrected chi connectivity index (χ0v) is 26.5. The van der Waals surface area contributed by atoms with Gasteiger partial charge in [0.2, 0.25) is 23.6 Å². The number of aliphatic hydroxyl groups excluding tert-OH is 1. The zero-order chi connectivity index (χ0) is 33.9. The Labute approximate surface area is 277 Å². The lowest BCUT2D eigenvalue weighted by molar-refractivity contribution is -0.126. The molecule has 0 spiro atoms. The average Bonchev–Trinajstić information content (AvgIpc) is 3.50. The van der Waals surface area contributed by atoms with Gasteiger partial charge in [-0.05, 0) is 98.8 Å². The number of nitrogens with zero attached hydrogens (tertiary/aromatic N) is 2. The molecular weight excluding hydrogens is 612 g/mol. The summed E-state index contributed by atoms with van der Waals surface area (Å²) in [6, 6.07) is 20.0. The number of ketones is 2. The molecule has 2 aliphatic carbocycles. The summed E-state index contributed by atoms with van der Waals surface area (Å²) in [5, 5.41) is 9.18. The van der Waals surface area contributed by atoms with E-state index in [0.29, 0.717) is 34.7 Å². The molecule has 6 atom stereocenters. The summed E-state index contributed by atoms with van der Waals surface area (Å²) in [4.78, 5) is 82.6. The number of imide groups is 2. The number of aliphatic hydroxyl groups is 1. The summed E-state index contributed by atoms with van der Waals surface area (Å²) in [5.74, 6) is -4.93. The number of hydrogen-bond donors (Lipinski definition) is 1. The molecule has 1 saturated carbocycles. The van der Waals surface area contributed by atoms with Crippen LogP contribution in [0, 0.1) is 29.6 Å². The summed E-state index contributed by atoms with van der Waals surface area (Å²) >= 11 is 0. The van der Waals surface area contributed by atoms with Gasteiger partial charge in [0, 0.05) is 17.0 Å². The van der Waals surface area contributed by atoms with Crippen LogP contribution in [-0.4, -0.2) is 53.5 Å². The van der Waals surface area contributed by atoms with Crippen molar-refractivity contribution in [2.24, 2.45) is 29.6 Å². The fraction of sp³-hybridized carbons (Fsp3) is 0.316. The highest BCUT2D eigenvalue weighted by molar-refractivity contribution is 6.24. The number of carbonyl (C=O) groups excluding carboxylic acids is 6. The Morgan fingerprint density at radius 3 is 1.73 bits per heavy atom. The van der Waals surface area contributed by atoms with Gasteiger partial charge in [-0.25, -0.2) is 0 Å². The number of rotatable bonds is 8. The third-order valence-corrected chi connectivity index (χ3v) is 10.3. The second-order valence-electron chi connectivity index (χ2n) is 12.9. The van der Waals surface area contributed by atoms with Gasteiger partial charge in [0.1, 0.15) is 12.4 Å². The van der Waals surface area contributed by atoms with Crippen molar-refractivity contribution in [1.82, 2.24) is 0 Å². The molecule has 3 aromatic carbocycles. The van der Waals surface area contributed by atoms with Crippen molar-refractivity contribution in [3.63, 3.8) is 0 Å². The number of fused-ring (bicyclic) bond motifs is 4. The van der Waals surface area contributed by atoms with E-state index >= 15 is 0 Å². The van der Waals surface area contributed by atoms with E-state index in [2.05, 4.69) is 0 Å². The first-order valence-corrected chi connectivity index (χ1v) is 16.1. The molecule has 2 saturated heterocycles. The first-order valence-electron chi connectivity index (χ1n) is 16.1. The number of benzene rings is 3. The van der Waals surface area contributed by atoms with Gasteiger partial charge in [0.15, 0.2) is 11.6 Å². The van der Waals surface area contributed by atoms with Gasteiger partial charge in [-0.15, -0.1) is 0 Å². The van der Waals surface area contributed by atoms with E-state index in [4.69, 9.17) is 4.74 Å². The van der Waals surface area contributed by atoms with Crippen LogP contribution < -0.4 is 14.5 Å². The third kappa shape index (κ3) is 4.98. The van der Waals surface area contributed by atoms with Crippen LogP contribution >= 0.6 is 0 Å². The highest BCUT2D eigenvalue weighted by atomic mass is 16.5. The van der Waals surface area contributed by atoms with Crippen LogP contribution in [0.4, 0.5) is 11.4 Å². The van der Waals surface area contributed by atoms with Gasteiger partial charge in [-0.3, -0.25) is 38.6 Å². The molecule has 6 unspecified atom stereocenters. The quantitative estimate of drug-likeness (QED) is 0.214. The van der Waals surface area contributed by atoms with Gasteiger partial charge in [-0.2, -0.15) is 0 Å².